The molecule has 2 heteroatoms. The van der Waals surface area contributed by atoms with Gasteiger partial charge in [0.25, 0.3) is 0 Å². The number of aliphatic hydroxyl groups is 1. The first-order chi connectivity index (χ1) is 6.72. The van der Waals surface area contributed by atoms with Crippen LogP contribution in [0.15, 0.2) is 0 Å². The van der Waals surface area contributed by atoms with E-state index in [9.17, 15) is 0 Å². The van der Waals surface area contributed by atoms with Crippen LogP contribution in [0.25, 0.3) is 0 Å². The third-order valence-electron chi connectivity index (χ3n) is 3.72. The molecule has 14 heavy (non-hydrogen) atoms. The molecule has 0 aromatic carbocycles. The molecule has 0 amide bonds. The van der Waals surface area contributed by atoms with Gasteiger partial charge in [0.05, 0.1) is 0 Å². The fraction of sp³-hybridized carbons (Fsp3) is 1.00. The van der Waals surface area contributed by atoms with Gasteiger partial charge in [-0.05, 0) is 37.1 Å². The SMILES string of the molecule is CCC1(CNCC(C)CO)CCCC1. The molecule has 1 saturated carbocycles. The largest absolute Gasteiger partial charge is 0.396 e. The summed E-state index contributed by atoms with van der Waals surface area (Å²) in [6, 6.07) is 0. The summed E-state index contributed by atoms with van der Waals surface area (Å²) in [5.41, 5.74) is 0.579. The van der Waals surface area contributed by atoms with Crippen LogP contribution in [0.3, 0.4) is 0 Å². The van der Waals surface area contributed by atoms with Crippen LogP contribution in [0.4, 0.5) is 0 Å². The number of nitrogens with one attached hydrogen (secondary N) is 1. The topological polar surface area (TPSA) is 32.3 Å². The molecule has 0 aromatic rings. The molecule has 0 bridgehead atoms. The molecule has 0 heterocycles. The second-order valence-corrected chi connectivity index (χ2v) is 4.98. The number of hydrogen-bond acceptors (Lipinski definition) is 2. The normalized spacial score (nSPS) is 22.5. The van der Waals surface area contributed by atoms with Gasteiger partial charge in [-0.1, -0.05) is 26.7 Å². The highest BCUT2D eigenvalue weighted by atomic mass is 16.3. The van der Waals surface area contributed by atoms with Crippen molar-refractivity contribution in [2.75, 3.05) is 19.7 Å². The predicted octanol–water partition coefficient (Wildman–Crippen LogP) is 2.17. The molecule has 1 rings (SSSR count). The van der Waals surface area contributed by atoms with Crippen molar-refractivity contribution in [3.8, 4) is 0 Å². The molecule has 1 aliphatic carbocycles. The summed E-state index contributed by atoms with van der Waals surface area (Å²) in [6.45, 7) is 6.79. The van der Waals surface area contributed by atoms with Gasteiger partial charge in [-0.2, -0.15) is 0 Å². The lowest BCUT2D eigenvalue weighted by Gasteiger charge is -2.28. The molecule has 1 unspecified atom stereocenters. The third-order valence-corrected chi connectivity index (χ3v) is 3.72. The molecule has 0 radical (unpaired) electrons. The van der Waals surface area contributed by atoms with Gasteiger partial charge in [0.2, 0.25) is 0 Å². The summed E-state index contributed by atoms with van der Waals surface area (Å²) in [4.78, 5) is 0. The summed E-state index contributed by atoms with van der Waals surface area (Å²) < 4.78 is 0. The quantitative estimate of drug-likeness (QED) is 0.687. The first-order valence-corrected chi connectivity index (χ1v) is 6.04. The van der Waals surface area contributed by atoms with E-state index in [0.29, 0.717) is 17.9 Å². The van der Waals surface area contributed by atoms with Crippen molar-refractivity contribution >= 4 is 0 Å². The Morgan fingerprint density at radius 3 is 2.50 bits per heavy atom. The zero-order valence-electron chi connectivity index (χ0n) is 9.68. The van der Waals surface area contributed by atoms with E-state index in [0.717, 1.165) is 13.1 Å². The summed E-state index contributed by atoms with van der Waals surface area (Å²) in [5.74, 6) is 0.394. The first kappa shape index (κ1) is 12.0. The van der Waals surface area contributed by atoms with Crippen LogP contribution < -0.4 is 5.32 Å². The number of rotatable bonds is 6. The standard InChI is InChI=1S/C12H25NO/c1-3-12(6-4-5-7-12)10-13-8-11(2)9-14/h11,13-14H,3-10H2,1-2H3. The summed E-state index contributed by atoms with van der Waals surface area (Å²) in [7, 11) is 0. The van der Waals surface area contributed by atoms with Crippen LogP contribution >= 0.6 is 0 Å². The third kappa shape index (κ3) is 3.25. The van der Waals surface area contributed by atoms with E-state index in [1.807, 2.05) is 0 Å². The van der Waals surface area contributed by atoms with Crippen molar-refractivity contribution in [2.24, 2.45) is 11.3 Å². The molecule has 1 aliphatic rings. The van der Waals surface area contributed by atoms with Crippen LogP contribution in [0.2, 0.25) is 0 Å². The Balaban J connectivity index is 2.21. The highest BCUT2D eigenvalue weighted by molar-refractivity contribution is 4.85. The maximum atomic E-state index is 8.91. The van der Waals surface area contributed by atoms with Crippen molar-refractivity contribution in [1.82, 2.24) is 5.32 Å². The fourth-order valence-corrected chi connectivity index (χ4v) is 2.43. The van der Waals surface area contributed by atoms with Gasteiger partial charge in [-0.25, -0.2) is 0 Å². The van der Waals surface area contributed by atoms with Gasteiger partial charge in [-0.3, -0.25) is 0 Å². The Morgan fingerprint density at radius 1 is 1.36 bits per heavy atom. The van der Waals surface area contributed by atoms with Gasteiger partial charge in [0, 0.05) is 13.2 Å². The lowest BCUT2D eigenvalue weighted by Crippen LogP contribution is -2.34. The Kier molecular flexibility index (Phi) is 4.90. The van der Waals surface area contributed by atoms with Crippen molar-refractivity contribution in [1.29, 1.82) is 0 Å². The summed E-state index contributed by atoms with van der Waals surface area (Å²) >= 11 is 0. The molecule has 1 atom stereocenters. The van der Waals surface area contributed by atoms with Crippen LogP contribution in [0, 0.1) is 11.3 Å². The second kappa shape index (κ2) is 5.72. The Morgan fingerprint density at radius 2 is 2.00 bits per heavy atom. The maximum absolute atomic E-state index is 8.91. The minimum absolute atomic E-state index is 0.298. The van der Waals surface area contributed by atoms with Crippen molar-refractivity contribution in [3.63, 3.8) is 0 Å². The molecular formula is C12H25NO. The molecule has 2 nitrogen and oxygen atoms in total. The minimum Gasteiger partial charge on any atom is -0.396 e. The fourth-order valence-electron chi connectivity index (χ4n) is 2.43. The van der Waals surface area contributed by atoms with Gasteiger partial charge < -0.3 is 10.4 Å². The second-order valence-electron chi connectivity index (χ2n) is 4.98. The van der Waals surface area contributed by atoms with E-state index in [4.69, 9.17) is 5.11 Å². The van der Waals surface area contributed by atoms with E-state index < -0.39 is 0 Å². The van der Waals surface area contributed by atoms with E-state index >= 15 is 0 Å². The van der Waals surface area contributed by atoms with Crippen LogP contribution in [0.5, 0.6) is 0 Å². The van der Waals surface area contributed by atoms with Gasteiger partial charge >= 0.3 is 0 Å². The Bertz CT molecular complexity index is 152. The zero-order valence-corrected chi connectivity index (χ0v) is 9.68. The van der Waals surface area contributed by atoms with Gasteiger partial charge in [0.15, 0.2) is 0 Å². The lowest BCUT2D eigenvalue weighted by atomic mass is 9.83. The Labute approximate surface area is 88.1 Å². The van der Waals surface area contributed by atoms with E-state index in [1.165, 1.54) is 32.1 Å². The monoisotopic (exact) mass is 199 g/mol. The van der Waals surface area contributed by atoms with Crippen molar-refractivity contribution in [2.45, 2.75) is 46.0 Å². The van der Waals surface area contributed by atoms with E-state index in [-0.39, 0.29) is 0 Å². The molecule has 2 N–H and O–H groups in total. The lowest BCUT2D eigenvalue weighted by molar-refractivity contribution is 0.217. The average Bonchev–Trinajstić information content (AvgIpc) is 2.67. The summed E-state index contributed by atoms with van der Waals surface area (Å²) in [6.07, 6.45) is 6.90. The molecule has 1 fully saturated rings. The number of aliphatic hydroxyl groups excluding tert-OH is 1. The smallest absolute Gasteiger partial charge is 0.0468 e. The zero-order chi connectivity index (χ0) is 10.4. The molecule has 0 spiro atoms. The van der Waals surface area contributed by atoms with Crippen LogP contribution in [-0.4, -0.2) is 24.8 Å². The molecule has 0 aliphatic heterocycles. The predicted molar refractivity (Wildman–Crippen MR) is 60.3 cm³/mol. The van der Waals surface area contributed by atoms with E-state index in [2.05, 4.69) is 19.2 Å². The highest BCUT2D eigenvalue weighted by Gasteiger charge is 2.31. The van der Waals surface area contributed by atoms with Crippen molar-refractivity contribution in [3.05, 3.63) is 0 Å². The molecule has 0 saturated heterocycles. The average molecular weight is 199 g/mol. The molecular weight excluding hydrogens is 174 g/mol. The first-order valence-electron chi connectivity index (χ1n) is 6.04. The van der Waals surface area contributed by atoms with Gasteiger partial charge in [-0.15, -0.1) is 0 Å². The number of hydrogen-bond donors (Lipinski definition) is 2. The Hall–Kier alpha value is -0.0800. The van der Waals surface area contributed by atoms with E-state index in [1.54, 1.807) is 0 Å². The van der Waals surface area contributed by atoms with Crippen LogP contribution in [0.1, 0.15) is 46.0 Å². The minimum atomic E-state index is 0.298. The maximum Gasteiger partial charge on any atom is 0.0468 e. The van der Waals surface area contributed by atoms with Crippen LogP contribution in [-0.2, 0) is 0 Å². The molecule has 0 aromatic heterocycles. The van der Waals surface area contributed by atoms with Crippen molar-refractivity contribution < 1.29 is 5.11 Å². The van der Waals surface area contributed by atoms with Gasteiger partial charge in [0.1, 0.15) is 0 Å². The molecule has 84 valence electrons. The highest BCUT2D eigenvalue weighted by Crippen LogP contribution is 2.40. The summed E-state index contributed by atoms with van der Waals surface area (Å²) in [5, 5.41) is 12.4.